The van der Waals surface area contributed by atoms with Crippen molar-refractivity contribution in [1.82, 2.24) is 15.2 Å². The van der Waals surface area contributed by atoms with Gasteiger partial charge >= 0.3 is 0 Å². The van der Waals surface area contributed by atoms with Gasteiger partial charge in [-0.2, -0.15) is 0 Å². The Morgan fingerprint density at radius 3 is 2.77 bits per heavy atom. The molecule has 0 unspecified atom stereocenters. The first-order valence-electron chi connectivity index (χ1n) is 7.91. The van der Waals surface area contributed by atoms with Crippen molar-refractivity contribution in [1.29, 1.82) is 0 Å². The van der Waals surface area contributed by atoms with Crippen LogP contribution in [0.1, 0.15) is 23.7 Å². The molecule has 2 heterocycles. The normalized spacial score (nSPS) is 15.8. The van der Waals surface area contributed by atoms with Crippen molar-refractivity contribution in [3.05, 3.63) is 46.0 Å². The van der Waals surface area contributed by atoms with Gasteiger partial charge in [-0.15, -0.1) is 0 Å². The molecule has 0 radical (unpaired) electrons. The molecule has 1 fully saturated rings. The first-order valence-corrected chi connectivity index (χ1v) is 9.13. The predicted octanol–water partition coefficient (Wildman–Crippen LogP) is 2.78. The molecule has 0 bridgehead atoms. The average molecular weight is 388 g/mol. The number of thioether (sulfide) groups is 1. The Morgan fingerprint density at radius 1 is 1.35 bits per heavy atom. The number of amides is 2. The molecule has 134 valence electrons. The summed E-state index contributed by atoms with van der Waals surface area (Å²) in [6.45, 7) is 3.68. The largest absolute Gasteiger partial charge is 0.305 e. The van der Waals surface area contributed by atoms with Gasteiger partial charge in [0.25, 0.3) is 5.91 Å². The Balaban J connectivity index is 1.69. The highest BCUT2D eigenvalue weighted by atomic mass is 32.2. The van der Waals surface area contributed by atoms with Crippen LogP contribution in [0.3, 0.4) is 0 Å². The molecule has 1 aliphatic rings. The summed E-state index contributed by atoms with van der Waals surface area (Å²) in [6, 6.07) is 7.80. The van der Waals surface area contributed by atoms with E-state index in [4.69, 9.17) is 12.2 Å². The van der Waals surface area contributed by atoms with Crippen LogP contribution in [-0.2, 0) is 16.0 Å². The second-order valence-corrected chi connectivity index (χ2v) is 7.32. The highest BCUT2D eigenvalue weighted by Crippen LogP contribution is 2.32. The first-order chi connectivity index (χ1) is 12.5. The smallest absolute Gasteiger partial charge is 0.266 e. The molecule has 9 heteroatoms. The molecule has 1 aliphatic heterocycles. The van der Waals surface area contributed by atoms with Crippen LogP contribution < -0.4 is 5.32 Å². The number of hydrogen-bond acceptors (Lipinski definition) is 7. The van der Waals surface area contributed by atoms with Gasteiger partial charge in [0.2, 0.25) is 11.7 Å². The number of thiocarbonyl (C=S) groups is 1. The maximum Gasteiger partial charge on any atom is 0.266 e. The summed E-state index contributed by atoms with van der Waals surface area (Å²) in [4.78, 5) is 26.6. The topological polar surface area (TPSA) is 88.3 Å². The summed E-state index contributed by atoms with van der Waals surface area (Å²) in [5, 5.41) is 9.93. The maximum absolute atomic E-state index is 12.6. The van der Waals surface area contributed by atoms with Crippen LogP contribution in [0.15, 0.2) is 33.8 Å². The Bertz CT molecular complexity index is 890. The fourth-order valence-corrected chi connectivity index (χ4v) is 3.55. The molecule has 3 rings (SSSR count). The highest BCUT2D eigenvalue weighted by molar-refractivity contribution is 8.26. The van der Waals surface area contributed by atoms with Crippen molar-refractivity contribution < 1.29 is 14.2 Å². The number of carbonyl (C=O) groups excluding carboxylic acids is 2. The minimum atomic E-state index is -0.414. The van der Waals surface area contributed by atoms with E-state index in [2.05, 4.69) is 20.3 Å². The lowest BCUT2D eigenvalue weighted by atomic mass is 10.1. The number of aryl methyl sites for hydroxylation is 2. The molecule has 0 saturated carbocycles. The minimum Gasteiger partial charge on any atom is -0.305 e. The van der Waals surface area contributed by atoms with E-state index in [0.717, 1.165) is 11.1 Å². The van der Waals surface area contributed by atoms with Gasteiger partial charge in [-0.25, -0.2) is 4.63 Å². The zero-order valence-corrected chi connectivity index (χ0v) is 15.8. The lowest BCUT2D eigenvalue weighted by Gasteiger charge is -2.13. The lowest BCUT2D eigenvalue weighted by molar-refractivity contribution is -0.126. The third-order valence-electron chi connectivity index (χ3n) is 3.70. The number of hydrogen-bond donors (Lipinski definition) is 1. The summed E-state index contributed by atoms with van der Waals surface area (Å²) in [6.07, 6.45) is 2.34. The summed E-state index contributed by atoms with van der Waals surface area (Å²) in [5.41, 5.74) is 2.59. The molecule has 0 spiro atoms. The van der Waals surface area contributed by atoms with Gasteiger partial charge in [0.15, 0.2) is 0 Å². The van der Waals surface area contributed by atoms with Gasteiger partial charge < -0.3 is 5.32 Å². The minimum absolute atomic E-state index is 0.189. The number of rotatable bonds is 5. The molecule has 7 nitrogen and oxygen atoms in total. The van der Waals surface area contributed by atoms with Crippen LogP contribution in [0.4, 0.5) is 5.82 Å². The highest BCUT2D eigenvalue weighted by Gasteiger charge is 2.33. The van der Waals surface area contributed by atoms with E-state index < -0.39 is 5.91 Å². The molecule has 0 aliphatic carbocycles. The number of anilines is 1. The molecule has 1 aromatic heterocycles. The van der Waals surface area contributed by atoms with E-state index in [1.165, 1.54) is 16.7 Å². The van der Waals surface area contributed by atoms with E-state index in [0.29, 0.717) is 21.3 Å². The maximum atomic E-state index is 12.6. The van der Waals surface area contributed by atoms with Gasteiger partial charge in [0.05, 0.1) is 4.91 Å². The number of carbonyl (C=O) groups is 2. The SMILES string of the molecule is CCc1nonc1NC(=O)CN1C(=O)/C(=C/c2ccc(C)cc2)SC1=S. The number of aromatic nitrogens is 2. The quantitative estimate of drug-likeness (QED) is 0.622. The molecule has 2 aromatic rings. The molecule has 26 heavy (non-hydrogen) atoms. The second-order valence-electron chi connectivity index (χ2n) is 5.64. The van der Waals surface area contributed by atoms with Crippen LogP contribution >= 0.6 is 24.0 Å². The van der Waals surface area contributed by atoms with Gasteiger partial charge in [0.1, 0.15) is 16.6 Å². The Morgan fingerprint density at radius 2 is 2.08 bits per heavy atom. The van der Waals surface area contributed by atoms with Gasteiger partial charge in [0, 0.05) is 0 Å². The van der Waals surface area contributed by atoms with Crippen LogP contribution in [-0.4, -0.2) is 37.9 Å². The van der Waals surface area contributed by atoms with Crippen molar-refractivity contribution in [2.24, 2.45) is 0 Å². The van der Waals surface area contributed by atoms with Crippen LogP contribution in [0.2, 0.25) is 0 Å². The predicted molar refractivity (Wildman–Crippen MR) is 103 cm³/mol. The van der Waals surface area contributed by atoms with Crippen molar-refractivity contribution in [3.8, 4) is 0 Å². The summed E-state index contributed by atoms with van der Waals surface area (Å²) >= 11 is 6.43. The van der Waals surface area contributed by atoms with E-state index in [1.54, 1.807) is 6.08 Å². The fraction of sp³-hybridized carbons (Fsp3) is 0.235. The van der Waals surface area contributed by atoms with E-state index in [-0.39, 0.29) is 18.3 Å². The second kappa shape index (κ2) is 7.79. The molecule has 1 aromatic carbocycles. The fourth-order valence-electron chi connectivity index (χ4n) is 2.30. The van der Waals surface area contributed by atoms with Crippen LogP contribution in [0.25, 0.3) is 6.08 Å². The number of nitrogens with one attached hydrogen (secondary N) is 1. The monoisotopic (exact) mass is 388 g/mol. The van der Waals surface area contributed by atoms with Crippen molar-refractivity contribution in [2.75, 3.05) is 11.9 Å². The first kappa shape index (κ1) is 18.3. The van der Waals surface area contributed by atoms with E-state index in [9.17, 15) is 9.59 Å². The molecule has 1 N–H and O–H groups in total. The number of nitrogens with zero attached hydrogens (tertiary/aromatic N) is 3. The zero-order valence-electron chi connectivity index (χ0n) is 14.2. The Hall–Kier alpha value is -2.52. The summed E-state index contributed by atoms with van der Waals surface area (Å²) < 4.78 is 4.95. The molecule has 2 amide bonds. The standard InChI is InChI=1S/C17H16N4O3S2/c1-3-12-15(20-24-19-12)18-14(22)9-21-16(23)13(26-17(21)25)8-11-6-4-10(2)5-7-11/h4-8H,3,9H2,1-2H3,(H,18,20,22)/b13-8-. The average Bonchev–Trinajstić information content (AvgIpc) is 3.16. The Labute approximate surface area is 159 Å². The molecular formula is C17H16N4O3S2. The van der Waals surface area contributed by atoms with Gasteiger partial charge in [-0.3, -0.25) is 14.5 Å². The van der Waals surface area contributed by atoms with Crippen LogP contribution in [0, 0.1) is 6.92 Å². The third kappa shape index (κ3) is 4.00. The van der Waals surface area contributed by atoms with Gasteiger partial charge in [-0.05, 0) is 30.1 Å². The summed E-state index contributed by atoms with van der Waals surface area (Å²) in [5.74, 6) is -0.439. The van der Waals surface area contributed by atoms with Crippen molar-refractivity contribution in [3.63, 3.8) is 0 Å². The molecular weight excluding hydrogens is 372 g/mol. The van der Waals surface area contributed by atoms with E-state index in [1.807, 2.05) is 38.1 Å². The van der Waals surface area contributed by atoms with Crippen LogP contribution in [0.5, 0.6) is 0 Å². The van der Waals surface area contributed by atoms with Gasteiger partial charge in [-0.1, -0.05) is 65.9 Å². The molecule has 0 atom stereocenters. The van der Waals surface area contributed by atoms with E-state index >= 15 is 0 Å². The number of benzene rings is 1. The zero-order chi connectivity index (χ0) is 18.7. The molecule has 1 saturated heterocycles. The van der Waals surface area contributed by atoms with Crippen molar-refractivity contribution >= 4 is 52.0 Å². The summed E-state index contributed by atoms with van der Waals surface area (Å²) in [7, 11) is 0. The Kier molecular flexibility index (Phi) is 5.48. The lowest BCUT2D eigenvalue weighted by Crippen LogP contribution is -2.36. The third-order valence-corrected chi connectivity index (χ3v) is 5.08. The van der Waals surface area contributed by atoms with Crippen molar-refractivity contribution in [2.45, 2.75) is 20.3 Å².